The lowest BCUT2D eigenvalue weighted by Gasteiger charge is -2.32. The van der Waals surface area contributed by atoms with Gasteiger partial charge in [0.15, 0.2) is 6.61 Å². The number of nitrogens with zero attached hydrogens (tertiary/aromatic N) is 1. The Labute approximate surface area is 146 Å². The van der Waals surface area contributed by atoms with Crippen molar-refractivity contribution < 1.29 is 9.53 Å². The molecule has 1 unspecified atom stereocenters. The lowest BCUT2D eigenvalue weighted by atomic mass is 9.97. The second kappa shape index (κ2) is 9.67. The SMILES string of the molecule is CCNCC1CCN(C(=O)COc2ccccc2C(C)CC)CC1. The van der Waals surface area contributed by atoms with Crippen molar-refractivity contribution in [3.63, 3.8) is 0 Å². The second-order valence-corrected chi connectivity index (χ2v) is 6.77. The molecule has 1 N–H and O–H groups in total. The molecule has 1 heterocycles. The summed E-state index contributed by atoms with van der Waals surface area (Å²) in [7, 11) is 0. The van der Waals surface area contributed by atoms with Crippen LogP contribution in [0.25, 0.3) is 0 Å². The summed E-state index contributed by atoms with van der Waals surface area (Å²) in [6.07, 6.45) is 3.23. The van der Waals surface area contributed by atoms with Gasteiger partial charge in [-0.1, -0.05) is 39.0 Å². The molecule has 1 fully saturated rings. The lowest BCUT2D eigenvalue weighted by Crippen LogP contribution is -2.42. The maximum absolute atomic E-state index is 12.4. The molecule has 1 saturated heterocycles. The lowest BCUT2D eigenvalue weighted by molar-refractivity contribution is -0.134. The molecule has 24 heavy (non-hydrogen) atoms. The maximum Gasteiger partial charge on any atom is 0.260 e. The fourth-order valence-corrected chi connectivity index (χ4v) is 3.20. The smallest absolute Gasteiger partial charge is 0.260 e. The van der Waals surface area contributed by atoms with E-state index < -0.39 is 0 Å². The Balaban J connectivity index is 1.82. The Morgan fingerprint density at radius 2 is 2.00 bits per heavy atom. The summed E-state index contributed by atoms with van der Waals surface area (Å²) >= 11 is 0. The number of nitrogens with one attached hydrogen (secondary N) is 1. The molecule has 4 heteroatoms. The van der Waals surface area contributed by atoms with E-state index in [0.717, 1.165) is 51.2 Å². The second-order valence-electron chi connectivity index (χ2n) is 6.77. The number of hydrogen-bond donors (Lipinski definition) is 1. The first-order valence-electron chi connectivity index (χ1n) is 9.35. The number of amides is 1. The van der Waals surface area contributed by atoms with Gasteiger partial charge in [-0.2, -0.15) is 0 Å². The average molecular weight is 332 g/mol. The Morgan fingerprint density at radius 3 is 2.67 bits per heavy atom. The van der Waals surface area contributed by atoms with Crippen molar-refractivity contribution in [3.8, 4) is 5.75 Å². The number of hydrogen-bond acceptors (Lipinski definition) is 3. The average Bonchev–Trinajstić information content (AvgIpc) is 2.64. The van der Waals surface area contributed by atoms with E-state index in [1.165, 1.54) is 5.56 Å². The Kier molecular flexibility index (Phi) is 7.57. The van der Waals surface area contributed by atoms with Crippen molar-refractivity contribution in [1.82, 2.24) is 10.2 Å². The molecule has 0 spiro atoms. The van der Waals surface area contributed by atoms with Crippen LogP contribution in [-0.4, -0.2) is 43.6 Å². The largest absolute Gasteiger partial charge is 0.483 e. The van der Waals surface area contributed by atoms with Crippen molar-refractivity contribution in [1.29, 1.82) is 0 Å². The van der Waals surface area contributed by atoms with E-state index in [2.05, 4.69) is 32.2 Å². The van der Waals surface area contributed by atoms with Gasteiger partial charge < -0.3 is 15.0 Å². The number of ether oxygens (including phenoxy) is 1. The molecule has 0 aromatic heterocycles. The van der Waals surface area contributed by atoms with E-state index in [0.29, 0.717) is 11.8 Å². The van der Waals surface area contributed by atoms with Crippen LogP contribution in [0.2, 0.25) is 0 Å². The van der Waals surface area contributed by atoms with Crippen LogP contribution < -0.4 is 10.1 Å². The van der Waals surface area contributed by atoms with Crippen LogP contribution in [0.1, 0.15) is 51.5 Å². The highest BCUT2D eigenvalue weighted by molar-refractivity contribution is 5.77. The van der Waals surface area contributed by atoms with Crippen LogP contribution in [0.4, 0.5) is 0 Å². The van der Waals surface area contributed by atoms with E-state index in [-0.39, 0.29) is 12.5 Å². The Hall–Kier alpha value is -1.55. The third-order valence-corrected chi connectivity index (χ3v) is 5.06. The summed E-state index contributed by atoms with van der Waals surface area (Å²) in [4.78, 5) is 14.4. The molecule has 1 aromatic carbocycles. The van der Waals surface area contributed by atoms with Crippen LogP contribution in [-0.2, 0) is 4.79 Å². The van der Waals surface area contributed by atoms with Gasteiger partial charge in [-0.15, -0.1) is 0 Å². The zero-order valence-corrected chi connectivity index (χ0v) is 15.4. The number of piperidine rings is 1. The summed E-state index contributed by atoms with van der Waals surface area (Å²) < 4.78 is 5.86. The van der Waals surface area contributed by atoms with Crippen molar-refractivity contribution in [2.24, 2.45) is 5.92 Å². The van der Waals surface area contributed by atoms with E-state index in [4.69, 9.17) is 4.74 Å². The Bertz CT molecular complexity index is 510. The summed E-state index contributed by atoms with van der Waals surface area (Å²) in [5.41, 5.74) is 1.19. The standard InChI is InChI=1S/C20H32N2O2/c1-4-16(3)18-8-6-7-9-19(18)24-15-20(23)22-12-10-17(11-13-22)14-21-5-2/h6-9,16-17,21H,4-5,10-15H2,1-3H3. The molecule has 1 amide bonds. The molecule has 1 aromatic rings. The molecule has 0 radical (unpaired) electrons. The van der Waals surface area contributed by atoms with Crippen molar-refractivity contribution in [3.05, 3.63) is 29.8 Å². The van der Waals surface area contributed by atoms with Gasteiger partial charge in [0, 0.05) is 13.1 Å². The van der Waals surface area contributed by atoms with Crippen LogP contribution in [0.3, 0.4) is 0 Å². The van der Waals surface area contributed by atoms with Crippen LogP contribution >= 0.6 is 0 Å². The number of benzene rings is 1. The molecule has 0 bridgehead atoms. The van der Waals surface area contributed by atoms with Crippen LogP contribution in [0.5, 0.6) is 5.75 Å². The van der Waals surface area contributed by atoms with Crippen LogP contribution in [0, 0.1) is 5.92 Å². The van der Waals surface area contributed by atoms with Crippen molar-refractivity contribution in [2.45, 2.75) is 46.0 Å². The highest BCUT2D eigenvalue weighted by Gasteiger charge is 2.23. The van der Waals surface area contributed by atoms with E-state index in [1.807, 2.05) is 23.1 Å². The fourth-order valence-electron chi connectivity index (χ4n) is 3.20. The van der Waals surface area contributed by atoms with Gasteiger partial charge in [-0.3, -0.25) is 4.79 Å². The number of para-hydroxylation sites is 1. The molecule has 0 aliphatic carbocycles. The number of carbonyl (C=O) groups is 1. The fraction of sp³-hybridized carbons (Fsp3) is 0.650. The minimum Gasteiger partial charge on any atom is -0.483 e. The topological polar surface area (TPSA) is 41.6 Å². The van der Waals surface area contributed by atoms with Gasteiger partial charge in [0.05, 0.1) is 0 Å². The first kappa shape index (κ1) is 18.8. The minimum atomic E-state index is 0.107. The van der Waals surface area contributed by atoms with E-state index >= 15 is 0 Å². The molecule has 1 aliphatic rings. The maximum atomic E-state index is 12.4. The van der Waals surface area contributed by atoms with Crippen molar-refractivity contribution >= 4 is 5.91 Å². The van der Waals surface area contributed by atoms with Gasteiger partial charge in [-0.05, 0) is 55.8 Å². The monoisotopic (exact) mass is 332 g/mol. The van der Waals surface area contributed by atoms with Gasteiger partial charge in [0.1, 0.15) is 5.75 Å². The molecule has 1 aliphatic heterocycles. The summed E-state index contributed by atoms with van der Waals surface area (Å²) in [6.45, 7) is 10.4. The number of carbonyl (C=O) groups excluding carboxylic acids is 1. The first-order valence-corrected chi connectivity index (χ1v) is 9.35. The zero-order valence-electron chi connectivity index (χ0n) is 15.4. The normalized spacial score (nSPS) is 16.9. The van der Waals surface area contributed by atoms with E-state index in [1.54, 1.807) is 0 Å². The van der Waals surface area contributed by atoms with Crippen molar-refractivity contribution in [2.75, 3.05) is 32.8 Å². The van der Waals surface area contributed by atoms with E-state index in [9.17, 15) is 4.79 Å². The number of likely N-dealkylation sites (tertiary alicyclic amines) is 1. The molecule has 134 valence electrons. The highest BCUT2D eigenvalue weighted by atomic mass is 16.5. The van der Waals surface area contributed by atoms with Crippen LogP contribution in [0.15, 0.2) is 24.3 Å². The predicted octanol–water partition coefficient (Wildman–Crippen LogP) is 3.43. The summed E-state index contributed by atoms with van der Waals surface area (Å²) in [5, 5.41) is 3.40. The molecule has 1 atom stereocenters. The molecular weight excluding hydrogens is 300 g/mol. The van der Waals surface area contributed by atoms with Gasteiger partial charge in [-0.25, -0.2) is 0 Å². The quantitative estimate of drug-likeness (QED) is 0.793. The molecule has 0 saturated carbocycles. The third-order valence-electron chi connectivity index (χ3n) is 5.06. The molecular formula is C20H32N2O2. The van der Waals surface area contributed by atoms with Gasteiger partial charge >= 0.3 is 0 Å². The molecule has 4 nitrogen and oxygen atoms in total. The third kappa shape index (κ3) is 5.23. The van der Waals surface area contributed by atoms with Gasteiger partial charge in [0.25, 0.3) is 5.91 Å². The first-order chi connectivity index (χ1) is 11.7. The zero-order chi connectivity index (χ0) is 17.4. The summed E-state index contributed by atoms with van der Waals surface area (Å²) in [5.74, 6) is 2.09. The van der Waals surface area contributed by atoms with Gasteiger partial charge in [0.2, 0.25) is 0 Å². The Morgan fingerprint density at radius 1 is 1.29 bits per heavy atom. The number of rotatable bonds is 8. The summed E-state index contributed by atoms with van der Waals surface area (Å²) in [6, 6.07) is 8.07. The minimum absolute atomic E-state index is 0.107. The highest BCUT2D eigenvalue weighted by Crippen LogP contribution is 2.28. The molecule has 2 rings (SSSR count). The predicted molar refractivity (Wildman–Crippen MR) is 98.5 cm³/mol.